The van der Waals surface area contributed by atoms with Crippen LogP contribution in [0.3, 0.4) is 0 Å². The number of rotatable bonds is 13. The molecule has 232 valence electrons. The normalized spacial score (nSPS) is 11.7. The first-order valence-corrected chi connectivity index (χ1v) is 15.1. The Bertz CT molecular complexity index is 1650. The molecule has 16 heteroatoms. The van der Waals surface area contributed by atoms with Crippen LogP contribution in [-0.2, 0) is 23.4 Å². The molecule has 0 bridgehead atoms. The van der Waals surface area contributed by atoms with Crippen LogP contribution < -0.4 is 20.7 Å². The van der Waals surface area contributed by atoms with Crippen molar-refractivity contribution >= 4 is 36.8 Å². The second kappa shape index (κ2) is 14.2. The Hall–Kier alpha value is -4.62. The molecule has 3 heterocycles. The molecule has 4 N–H and O–H groups in total. The minimum atomic E-state index is -4.82. The number of aromatic nitrogens is 5. The van der Waals surface area contributed by atoms with E-state index in [0.29, 0.717) is 54.2 Å². The molecular weight excluding hydrogens is 600 g/mol. The molecule has 1 aromatic carbocycles. The summed E-state index contributed by atoms with van der Waals surface area (Å²) in [5.41, 5.74) is 0.743. The van der Waals surface area contributed by atoms with Gasteiger partial charge in [0.1, 0.15) is 23.3 Å². The van der Waals surface area contributed by atoms with Crippen LogP contribution in [0.2, 0.25) is 0 Å². The van der Waals surface area contributed by atoms with Gasteiger partial charge >= 0.3 is 14.0 Å². The average Bonchev–Trinajstić information content (AvgIpc) is 3.49. The fourth-order valence-corrected chi connectivity index (χ4v) is 4.94. The number of amides is 1. The van der Waals surface area contributed by atoms with E-state index in [1.54, 1.807) is 29.1 Å². The molecule has 4 rings (SSSR count). The standard InChI is InChI=1S/C28H30F3N8O4P/c1-4-44(42)16-17-6-7-21(23(12-17)43-3)37-27-33-14-19(28(29,30)31)25(38-27)36-22-9-8-20(35-24(22)26(41)32-2)18-13-34-39(15-18)10-5-11-40/h6-9,12-15,40H,4-5,10-11,16H2,1-3H3,(H2-,32,33,36,37,38,41)/p+1. The number of carbonyl (C=O) groups is 1. The molecule has 44 heavy (non-hydrogen) atoms. The lowest BCUT2D eigenvalue weighted by Gasteiger charge is -2.17. The molecule has 0 saturated heterocycles. The number of halogens is 3. The molecule has 0 saturated carbocycles. The zero-order chi connectivity index (χ0) is 31.9. The Morgan fingerprint density at radius 2 is 1.89 bits per heavy atom. The van der Waals surface area contributed by atoms with Crippen LogP contribution in [0.1, 0.15) is 35.0 Å². The molecule has 1 atom stereocenters. The van der Waals surface area contributed by atoms with Gasteiger partial charge in [-0.2, -0.15) is 23.3 Å². The molecule has 4 aromatic rings. The van der Waals surface area contributed by atoms with Crippen molar-refractivity contribution in [3.8, 4) is 17.0 Å². The third kappa shape index (κ3) is 7.85. The van der Waals surface area contributed by atoms with Crippen LogP contribution >= 0.6 is 7.80 Å². The zero-order valence-corrected chi connectivity index (χ0v) is 25.0. The first kappa shape index (κ1) is 32.3. The van der Waals surface area contributed by atoms with E-state index in [2.05, 4.69) is 36.0 Å². The highest BCUT2D eigenvalue weighted by atomic mass is 31.1. The van der Waals surface area contributed by atoms with E-state index in [1.165, 1.54) is 32.5 Å². The summed E-state index contributed by atoms with van der Waals surface area (Å²) in [4.78, 5) is 25.1. The number of methoxy groups -OCH3 is 1. The molecule has 0 aliphatic heterocycles. The second-order valence-electron chi connectivity index (χ2n) is 9.44. The van der Waals surface area contributed by atoms with E-state index in [0.717, 1.165) is 5.56 Å². The number of pyridine rings is 1. The summed E-state index contributed by atoms with van der Waals surface area (Å²) in [6.45, 7) is 2.30. The number of anilines is 4. The number of hydrogen-bond acceptors (Lipinski definition) is 10. The summed E-state index contributed by atoms with van der Waals surface area (Å²) < 4.78 is 61.0. The quantitative estimate of drug-likeness (QED) is 0.142. The molecule has 0 aliphatic rings. The van der Waals surface area contributed by atoms with Crippen molar-refractivity contribution in [3.63, 3.8) is 0 Å². The van der Waals surface area contributed by atoms with Gasteiger partial charge in [-0.3, -0.25) is 9.48 Å². The van der Waals surface area contributed by atoms with Gasteiger partial charge in [-0.25, -0.2) is 9.97 Å². The van der Waals surface area contributed by atoms with Gasteiger partial charge in [0.15, 0.2) is 11.9 Å². The predicted molar refractivity (Wildman–Crippen MR) is 159 cm³/mol. The topological polar surface area (TPSA) is 156 Å². The van der Waals surface area contributed by atoms with Crippen LogP contribution in [0.25, 0.3) is 11.3 Å². The second-order valence-corrected chi connectivity index (χ2v) is 11.3. The average molecular weight is 632 g/mol. The number of carbonyl (C=O) groups excluding carboxylic acids is 1. The summed E-state index contributed by atoms with van der Waals surface area (Å²) in [5, 5.41) is 21.2. The molecule has 0 radical (unpaired) electrons. The minimum absolute atomic E-state index is 0.00277. The number of ether oxygens (including phenoxy) is 1. The van der Waals surface area contributed by atoms with Crippen LogP contribution in [0.4, 0.5) is 36.3 Å². The maximum Gasteiger partial charge on any atom is 0.421 e. The lowest BCUT2D eigenvalue weighted by Crippen LogP contribution is -2.21. The smallest absolute Gasteiger partial charge is 0.421 e. The zero-order valence-electron chi connectivity index (χ0n) is 24.1. The SMILES string of the molecule is CC[P+](=O)Cc1ccc(Nc2ncc(C(F)(F)F)c(Nc3ccc(-c4cnn(CCCO)c4)nc3C(=O)NC)n2)c(OC)c1. The fourth-order valence-electron chi connectivity index (χ4n) is 4.11. The van der Waals surface area contributed by atoms with Crippen molar-refractivity contribution in [2.45, 2.75) is 32.2 Å². The molecule has 0 spiro atoms. The number of alkyl halides is 3. The van der Waals surface area contributed by atoms with E-state index in [9.17, 15) is 22.5 Å². The Kier molecular flexibility index (Phi) is 10.4. The van der Waals surface area contributed by atoms with Gasteiger partial charge in [-0.15, -0.1) is 0 Å². The maximum atomic E-state index is 14.0. The van der Waals surface area contributed by atoms with Crippen LogP contribution in [0.15, 0.2) is 48.9 Å². The summed E-state index contributed by atoms with van der Waals surface area (Å²) in [6.07, 6.45) is 0.426. The highest BCUT2D eigenvalue weighted by Crippen LogP contribution is 2.37. The van der Waals surface area contributed by atoms with Gasteiger partial charge in [0.05, 0.1) is 30.4 Å². The van der Waals surface area contributed by atoms with Gasteiger partial charge in [0.2, 0.25) is 5.95 Å². The lowest BCUT2D eigenvalue weighted by atomic mass is 10.1. The largest absolute Gasteiger partial charge is 0.495 e. The molecular formula is C28H31F3N8O4P+. The number of aryl methyl sites for hydroxylation is 1. The molecule has 0 aliphatic carbocycles. The number of aliphatic hydroxyl groups is 1. The van der Waals surface area contributed by atoms with Gasteiger partial charge in [-0.05, 0) is 37.6 Å². The highest BCUT2D eigenvalue weighted by Gasteiger charge is 2.36. The summed E-state index contributed by atoms with van der Waals surface area (Å²) in [5.74, 6) is -1.06. The molecule has 0 fully saturated rings. The number of nitrogens with zero attached hydrogens (tertiary/aromatic N) is 5. The number of aliphatic hydroxyl groups excluding tert-OH is 1. The van der Waals surface area contributed by atoms with E-state index >= 15 is 0 Å². The fraction of sp³-hybridized carbons (Fsp3) is 0.321. The van der Waals surface area contributed by atoms with Crippen LogP contribution in [0, 0.1) is 0 Å². The maximum absolute atomic E-state index is 14.0. The minimum Gasteiger partial charge on any atom is -0.495 e. The van der Waals surface area contributed by atoms with Gasteiger partial charge < -0.3 is 25.8 Å². The van der Waals surface area contributed by atoms with Crippen molar-refractivity contribution < 1.29 is 32.4 Å². The Morgan fingerprint density at radius 1 is 1.11 bits per heavy atom. The monoisotopic (exact) mass is 631 g/mol. The summed E-state index contributed by atoms with van der Waals surface area (Å²) in [7, 11) is 1.40. The van der Waals surface area contributed by atoms with Gasteiger partial charge in [0, 0.05) is 43.7 Å². The first-order chi connectivity index (χ1) is 21.1. The molecule has 1 amide bonds. The van der Waals surface area contributed by atoms with Crippen LogP contribution in [-0.4, -0.2) is 62.7 Å². The highest BCUT2D eigenvalue weighted by molar-refractivity contribution is 7.43. The van der Waals surface area contributed by atoms with Crippen molar-refractivity contribution in [1.29, 1.82) is 0 Å². The van der Waals surface area contributed by atoms with E-state index < -0.39 is 31.3 Å². The number of hydrogen-bond donors (Lipinski definition) is 4. The lowest BCUT2D eigenvalue weighted by molar-refractivity contribution is -0.137. The van der Waals surface area contributed by atoms with Crippen molar-refractivity contribution in [3.05, 3.63) is 65.7 Å². The summed E-state index contributed by atoms with van der Waals surface area (Å²) in [6, 6.07) is 8.02. The molecule has 12 nitrogen and oxygen atoms in total. The van der Waals surface area contributed by atoms with Crippen molar-refractivity contribution in [1.82, 2.24) is 30.0 Å². The van der Waals surface area contributed by atoms with Crippen molar-refractivity contribution in [2.24, 2.45) is 0 Å². The third-order valence-corrected chi connectivity index (χ3v) is 7.81. The van der Waals surface area contributed by atoms with Crippen LogP contribution in [0.5, 0.6) is 5.75 Å². The van der Waals surface area contributed by atoms with Crippen molar-refractivity contribution in [2.75, 3.05) is 37.6 Å². The molecule has 1 unspecified atom stereocenters. The Morgan fingerprint density at radius 3 is 2.57 bits per heavy atom. The third-order valence-electron chi connectivity index (χ3n) is 6.38. The Labute approximate surface area is 251 Å². The van der Waals surface area contributed by atoms with Gasteiger partial charge in [-0.1, -0.05) is 10.6 Å². The van der Waals surface area contributed by atoms with Gasteiger partial charge in [0.25, 0.3) is 5.91 Å². The van der Waals surface area contributed by atoms with E-state index in [4.69, 9.17) is 9.84 Å². The Balaban J connectivity index is 1.68. The number of nitrogens with one attached hydrogen (secondary N) is 3. The van der Waals surface area contributed by atoms with E-state index in [-0.39, 0.29) is 23.9 Å². The molecule has 3 aromatic heterocycles. The van der Waals surface area contributed by atoms with E-state index in [1.807, 2.05) is 6.92 Å². The first-order valence-electron chi connectivity index (χ1n) is 13.5. The predicted octanol–water partition coefficient (Wildman–Crippen LogP) is 5.34. The number of benzene rings is 1. The summed E-state index contributed by atoms with van der Waals surface area (Å²) >= 11 is 0.